The Morgan fingerprint density at radius 1 is 1.00 bits per heavy atom. The third-order valence-corrected chi connectivity index (χ3v) is 3.65. The first-order valence-electron chi connectivity index (χ1n) is 8.24. The van der Waals surface area contributed by atoms with Crippen LogP contribution < -0.4 is 10.1 Å². The molecule has 1 unspecified atom stereocenters. The molecule has 1 aromatic carbocycles. The minimum absolute atomic E-state index is 0.348. The lowest BCUT2D eigenvalue weighted by molar-refractivity contribution is 0.298. The fourth-order valence-corrected chi connectivity index (χ4v) is 2.45. The normalized spacial score (nSPS) is 12.3. The molecule has 0 aliphatic heterocycles. The van der Waals surface area contributed by atoms with E-state index in [-0.39, 0.29) is 0 Å². The second-order valence-electron chi connectivity index (χ2n) is 5.43. The summed E-state index contributed by atoms with van der Waals surface area (Å²) in [6.45, 7) is 8.40. The first-order valence-corrected chi connectivity index (χ1v) is 8.24. The zero-order chi connectivity index (χ0) is 14.6. The van der Waals surface area contributed by atoms with Crippen LogP contribution in [0, 0.1) is 0 Å². The lowest BCUT2D eigenvalue weighted by atomic mass is 10.1. The topological polar surface area (TPSA) is 21.3 Å². The predicted molar refractivity (Wildman–Crippen MR) is 87.4 cm³/mol. The highest BCUT2D eigenvalue weighted by atomic mass is 16.5. The molecule has 0 spiro atoms. The van der Waals surface area contributed by atoms with E-state index in [2.05, 4.69) is 50.4 Å². The van der Waals surface area contributed by atoms with Gasteiger partial charge in [0.25, 0.3) is 0 Å². The monoisotopic (exact) mass is 277 g/mol. The number of nitrogens with one attached hydrogen (secondary N) is 1. The van der Waals surface area contributed by atoms with E-state index in [0.717, 1.165) is 25.3 Å². The van der Waals surface area contributed by atoms with Gasteiger partial charge in [-0.25, -0.2) is 0 Å². The zero-order valence-corrected chi connectivity index (χ0v) is 13.5. The van der Waals surface area contributed by atoms with E-state index in [1.165, 1.54) is 37.7 Å². The quantitative estimate of drug-likeness (QED) is 0.568. The summed E-state index contributed by atoms with van der Waals surface area (Å²) >= 11 is 0. The van der Waals surface area contributed by atoms with E-state index in [1.54, 1.807) is 0 Å². The molecule has 0 aromatic heterocycles. The summed E-state index contributed by atoms with van der Waals surface area (Å²) in [5.74, 6) is 1.04. The summed E-state index contributed by atoms with van der Waals surface area (Å²) < 4.78 is 5.97. The van der Waals surface area contributed by atoms with E-state index in [9.17, 15) is 0 Å². The van der Waals surface area contributed by atoms with Crippen LogP contribution in [0.15, 0.2) is 24.3 Å². The SMILES string of the molecule is CCCCCCCCOc1ccccc1C(C)NCC. The average Bonchev–Trinajstić information content (AvgIpc) is 2.47. The molecule has 0 heterocycles. The van der Waals surface area contributed by atoms with Crippen LogP contribution in [-0.2, 0) is 0 Å². The molecule has 2 nitrogen and oxygen atoms in total. The van der Waals surface area contributed by atoms with Gasteiger partial charge in [-0.2, -0.15) is 0 Å². The number of para-hydroxylation sites is 1. The molecule has 0 aliphatic carbocycles. The lowest BCUT2D eigenvalue weighted by Gasteiger charge is -2.17. The van der Waals surface area contributed by atoms with E-state index >= 15 is 0 Å². The summed E-state index contributed by atoms with van der Waals surface area (Å²) in [6, 6.07) is 8.73. The Labute approximate surface area is 124 Å². The van der Waals surface area contributed by atoms with Crippen LogP contribution in [0.4, 0.5) is 0 Å². The van der Waals surface area contributed by atoms with Crippen molar-refractivity contribution in [3.05, 3.63) is 29.8 Å². The van der Waals surface area contributed by atoms with Crippen molar-refractivity contribution in [1.82, 2.24) is 5.32 Å². The highest BCUT2D eigenvalue weighted by Gasteiger charge is 2.09. The van der Waals surface area contributed by atoms with Crippen LogP contribution in [0.5, 0.6) is 5.75 Å². The Morgan fingerprint density at radius 2 is 1.70 bits per heavy atom. The molecule has 114 valence electrons. The molecule has 1 atom stereocenters. The molecular formula is C18H31NO. The first kappa shape index (κ1) is 17.0. The van der Waals surface area contributed by atoms with Gasteiger partial charge < -0.3 is 10.1 Å². The third-order valence-electron chi connectivity index (χ3n) is 3.65. The largest absolute Gasteiger partial charge is 0.493 e. The van der Waals surface area contributed by atoms with Gasteiger partial charge in [0.1, 0.15) is 5.75 Å². The maximum Gasteiger partial charge on any atom is 0.124 e. The zero-order valence-electron chi connectivity index (χ0n) is 13.5. The summed E-state index contributed by atoms with van der Waals surface area (Å²) in [6.07, 6.45) is 7.83. The molecule has 1 N–H and O–H groups in total. The molecule has 0 radical (unpaired) electrons. The molecular weight excluding hydrogens is 246 g/mol. The fraction of sp³-hybridized carbons (Fsp3) is 0.667. The molecule has 0 amide bonds. The number of rotatable bonds is 11. The number of ether oxygens (including phenoxy) is 1. The summed E-state index contributed by atoms with van der Waals surface area (Å²) in [4.78, 5) is 0. The Bertz CT molecular complexity index is 351. The van der Waals surface area contributed by atoms with Crippen molar-refractivity contribution < 1.29 is 4.74 Å². The lowest BCUT2D eigenvalue weighted by Crippen LogP contribution is -2.18. The van der Waals surface area contributed by atoms with E-state index in [0.29, 0.717) is 6.04 Å². The van der Waals surface area contributed by atoms with Crippen LogP contribution in [0.2, 0.25) is 0 Å². The molecule has 20 heavy (non-hydrogen) atoms. The highest BCUT2D eigenvalue weighted by molar-refractivity contribution is 5.35. The van der Waals surface area contributed by atoms with E-state index in [1.807, 2.05) is 0 Å². The number of unbranched alkanes of at least 4 members (excludes halogenated alkanes) is 5. The maximum atomic E-state index is 5.97. The third kappa shape index (κ3) is 6.42. The van der Waals surface area contributed by atoms with Gasteiger partial charge in [-0.15, -0.1) is 0 Å². The minimum atomic E-state index is 0.348. The van der Waals surface area contributed by atoms with E-state index in [4.69, 9.17) is 4.74 Å². The second-order valence-corrected chi connectivity index (χ2v) is 5.43. The van der Waals surface area contributed by atoms with Gasteiger partial charge in [-0.3, -0.25) is 0 Å². The maximum absolute atomic E-state index is 5.97. The van der Waals surface area contributed by atoms with Crippen molar-refractivity contribution in [1.29, 1.82) is 0 Å². The fourth-order valence-electron chi connectivity index (χ4n) is 2.45. The van der Waals surface area contributed by atoms with Crippen LogP contribution in [-0.4, -0.2) is 13.2 Å². The minimum Gasteiger partial charge on any atom is -0.493 e. The Morgan fingerprint density at radius 3 is 2.45 bits per heavy atom. The van der Waals surface area contributed by atoms with Crippen molar-refractivity contribution in [2.45, 2.75) is 65.3 Å². The van der Waals surface area contributed by atoms with Crippen molar-refractivity contribution in [2.24, 2.45) is 0 Å². The van der Waals surface area contributed by atoms with Gasteiger partial charge in [0.15, 0.2) is 0 Å². The Balaban J connectivity index is 2.32. The van der Waals surface area contributed by atoms with Crippen molar-refractivity contribution in [2.75, 3.05) is 13.2 Å². The van der Waals surface area contributed by atoms with Gasteiger partial charge in [0.05, 0.1) is 6.61 Å². The smallest absolute Gasteiger partial charge is 0.124 e. The van der Waals surface area contributed by atoms with Crippen molar-refractivity contribution >= 4 is 0 Å². The van der Waals surface area contributed by atoms with Gasteiger partial charge in [-0.05, 0) is 26.0 Å². The molecule has 0 aliphatic rings. The molecule has 0 fully saturated rings. The number of benzene rings is 1. The van der Waals surface area contributed by atoms with Crippen LogP contribution in [0.25, 0.3) is 0 Å². The molecule has 1 rings (SSSR count). The van der Waals surface area contributed by atoms with E-state index < -0.39 is 0 Å². The van der Waals surface area contributed by atoms with Crippen molar-refractivity contribution in [3.63, 3.8) is 0 Å². The summed E-state index contributed by atoms with van der Waals surface area (Å²) in [5, 5.41) is 3.45. The van der Waals surface area contributed by atoms with Crippen LogP contribution in [0.1, 0.15) is 70.9 Å². The Kier molecular flexibility index (Phi) is 9.14. The molecule has 0 bridgehead atoms. The standard InChI is InChI=1S/C18H31NO/c1-4-6-7-8-9-12-15-20-18-14-11-10-13-17(18)16(3)19-5-2/h10-11,13-14,16,19H,4-9,12,15H2,1-3H3. The van der Waals surface area contributed by atoms with Gasteiger partial charge in [-0.1, -0.05) is 64.2 Å². The molecule has 1 aromatic rings. The average molecular weight is 277 g/mol. The first-order chi connectivity index (χ1) is 9.79. The van der Waals surface area contributed by atoms with Crippen molar-refractivity contribution in [3.8, 4) is 5.75 Å². The second kappa shape index (κ2) is 10.7. The molecule has 2 heteroatoms. The van der Waals surface area contributed by atoms with Gasteiger partial charge >= 0.3 is 0 Å². The predicted octanol–water partition coefficient (Wildman–Crippen LogP) is 5.10. The number of hydrogen-bond acceptors (Lipinski definition) is 2. The van der Waals surface area contributed by atoms with Gasteiger partial charge in [0, 0.05) is 11.6 Å². The van der Waals surface area contributed by atoms with Gasteiger partial charge in [0.2, 0.25) is 0 Å². The van der Waals surface area contributed by atoms with Crippen LogP contribution in [0.3, 0.4) is 0 Å². The highest BCUT2D eigenvalue weighted by Crippen LogP contribution is 2.24. The molecule has 0 saturated heterocycles. The summed E-state index contributed by atoms with van der Waals surface area (Å²) in [7, 11) is 0. The van der Waals surface area contributed by atoms with Crippen LogP contribution >= 0.6 is 0 Å². The molecule has 0 saturated carbocycles. The number of hydrogen-bond donors (Lipinski definition) is 1. The summed E-state index contributed by atoms with van der Waals surface area (Å²) in [5.41, 5.74) is 1.26. The Hall–Kier alpha value is -1.02.